The number of carbonyl (C=O) groups excluding carboxylic acids is 2. The summed E-state index contributed by atoms with van der Waals surface area (Å²) in [7, 11) is 0. The number of hydrogen-bond donors (Lipinski definition) is 2. The highest BCUT2D eigenvalue weighted by atomic mass is 16.5. The number of hydrogen-bond acceptors (Lipinski definition) is 6. The van der Waals surface area contributed by atoms with Crippen LogP contribution in [0.4, 0.5) is 5.69 Å². The zero-order valence-corrected chi connectivity index (χ0v) is 18.9. The molecule has 4 rings (SSSR count). The van der Waals surface area contributed by atoms with E-state index in [1.807, 2.05) is 37.3 Å². The van der Waals surface area contributed by atoms with Crippen LogP contribution in [0.25, 0.3) is 11.5 Å². The molecule has 0 aliphatic rings. The van der Waals surface area contributed by atoms with E-state index in [-0.39, 0.29) is 25.0 Å². The van der Waals surface area contributed by atoms with E-state index in [1.54, 1.807) is 49.6 Å². The van der Waals surface area contributed by atoms with Gasteiger partial charge in [0, 0.05) is 29.2 Å². The number of rotatable bonds is 8. The van der Waals surface area contributed by atoms with Crippen LogP contribution in [0.15, 0.2) is 77.5 Å². The molecular weight excluding hydrogens is 432 g/mol. The van der Waals surface area contributed by atoms with E-state index in [0.717, 1.165) is 5.56 Å². The Morgan fingerprint density at radius 1 is 1.00 bits per heavy atom. The summed E-state index contributed by atoms with van der Waals surface area (Å²) in [5, 5.41) is 5.65. The number of oxazole rings is 1. The summed E-state index contributed by atoms with van der Waals surface area (Å²) >= 11 is 0. The van der Waals surface area contributed by atoms with Gasteiger partial charge in [-0.1, -0.05) is 23.8 Å². The van der Waals surface area contributed by atoms with Crippen molar-refractivity contribution in [2.75, 3.05) is 11.9 Å². The first kappa shape index (κ1) is 22.7. The van der Waals surface area contributed by atoms with E-state index < -0.39 is 0 Å². The molecule has 0 radical (unpaired) electrons. The van der Waals surface area contributed by atoms with Gasteiger partial charge in [-0.25, -0.2) is 4.98 Å². The van der Waals surface area contributed by atoms with Gasteiger partial charge in [-0.15, -0.1) is 0 Å². The van der Waals surface area contributed by atoms with E-state index >= 15 is 0 Å². The van der Waals surface area contributed by atoms with Crippen molar-refractivity contribution >= 4 is 17.5 Å². The van der Waals surface area contributed by atoms with Crippen LogP contribution < -0.4 is 15.4 Å². The van der Waals surface area contributed by atoms with Gasteiger partial charge in [0.1, 0.15) is 17.2 Å². The summed E-state index contributed by atoms with van der Waals surface area (Å²) < 4.78 is 11.3. The first-order valence-corrected chi connectivity index (χ1v) is 10.7. The number of nitrogens with one attached hydrogen (secondary N) is 2. The van der Waals surface area contributed by atoms with E-state index in [9.17, 15) is 9.59 Å². The smallest absolute Gasteiger partial charge is 0.262 e. The van der Waals surface area contributed by atoms with Crippen LogP contribution in [0.3, 0.4) is 0 Å². The first-order chi connectivity index (χ1) is 16.5. The van der Waals surface area contributed by atoms with Gasteiger partial charge in [-0.05, 0) is 56.3 Å². The predicted octanol–water partition coefficient (Wildman–Crippen LogP) is 4.30. The molecule has 2 amide bonds. The van der Waals surface area contributed by atoms with Crippen LogP contribution in [0, 0.1) is 13.8 Å². The highest BCUT2D eigenvalue weighted by Crippen LogP contribution is 2.24. The molecule has 0 saturated heterocycles. The predicted molar refractivity (Wildman–Crippen MR) is 127 cm³/mol. The van der Waals surface area contributed by atoms with Gasteiger partial charge in [-0.2, -0.15) is 0 Å². The van der Waals surface area contributed by atoms with Crippen LogP contribution in [-0.4, -0.2) is 28.4 Å². The SMILES string of the molecule is Cc1ccc(OCC(=O)Nc2cccc(-c3nc(CNC(=O)c4ccncc4)c(C)o3)c2)cc1. The Morgan fingerprint density at radius 2 is 1.76 bits per heavy atom. The van der Waals surface area contributed by atoms with Crippen molar-refractivity contribution in [2.24, 2.45) is 0 Å². The number of anilines is 1. The number of amides is 2. The highest BCUT2D eigenvalue weighted by molar-refractivity contribution is 5.94. The molecule has 0 unspecified atom stereocenters. The number of pyridine rings is 1. The maximum Gasteiger partial charge on any atom is 0.262 e. The lowest BCUT2D eigenvalue weighted by Gasteiger charge is -2.08. The van der Waals surface area contributed by atoms with Gasteiger partial charge < -0.3 is 19.8 Å². The minimum Gasteiger partial charge on any atom is -0.484 e. The van der Waals surface area contributed by atoms with Crippen LogP contribution >= 0.6 is 0 Å². The lowest BCUT2D eigenvalue weighted by Crippen LogP contribution is -2.23. The van der Waals surface area contributed by atoms with Crippen LogP contribution in [-0.2, 0) is 11.3 Å². The van der Waals surface area contributed by atoms with Crippen molar-refractivity contribution < 1.29 is 18.7 Å². The monoisotopic (exact) mass is 456 g/mol. The van der Waals surface area contributed by atoms with Gasteiger partial charge in [0.05, 0.1) is 6.54 Å². The van der Waals surface area contributed by atoms with Gasteiger partial charge in [-0.3, -0.25) is 14.6 Å². The van der Waals surface area contributed by atoms with Crippen molar-refractivity contribution in [1.29, 1.82) is 0 Å². The lowest BCUT2D eigenvalue weighted by molar-refractivity contribution is -0.118. The summed E-state index contributed by atoms with van der Waals surface area (Å²) in [6.45, 7) is 3.90. The zero-order valence-electron chi connectivity index (χ0n) is 18.9. The Bertz CT molecular complexity index is 1280. The molecule has 0 atom stereocenters. The van der Waals surface area contributed by atoms with Crippen molar-refractivity contribution in [3.8, 4) is 17.2 Å². The topological polar surface area (TPSA) is 106 Å². The zero-order chi connectivity index (χ0) is 23.9. The summed E-state index contributed by atoms with van der Waals surface area (Å²) in [6, 6.07) is 18.0. The molecule has 8 heteroatoms. The van der Waals surface area contributed by atoms with E-state index in [0.29, 0.717) is 39.9 Å². The number of aromatic nitrogens is 2. The number of nitrogens with zero attached hydrogens (tertiary/aromatic N) is 2. The molecule has 34 heavy (non-hydrogen) atoms. The molecule has 172 valence electrons. The first-order valence-electron chi connectivity index (χ1n) is 10.7. The minimum atomic E-state index is -0.277. The average Bonchev–Trinajstić information content (AvgIpc) is 3.23. The number of benzene rings is 2. The van der Waals surface area contributed by atoms with Crippen molar-refractivity contribution in [2.45, 2.75) is 20.4 Å². The molecule has 2 N–H and O–H groups in total. The van der Waals surface area contributed by atoms with Gasteiger partial charge >= 0.3 is 0 Å². The van der Waals surface area contributed by atoms with Crippen molar-refractivity contribution in [3.63, 3.8) is 0 Å². The Labute approximate surface area is 197 Å². The Morgan fingerprint density at radius 3 is 2.53 bits per heavy atom. The van der Waals surface area contributed by atoms with Crippen molar-refractivity contribution in [3.05, 3.63) is 95.6 Å². The number of aryl methyl sites for hydroxylation is 2. The molecule has 0 aliphatic heterocycles. The Hall–Kier alpha value is -4.46. The van der Waals surface area contributed by atoms with E-state index in [1.165, 1.54) is 0 Å². The van der Waals surface area contributed by atoms with Gasteiger partial charge in [0.25, 0.3) is 11.8 Å². The highest BCUT2D eigenvalue weighted by Gasteiger charge is 2.14. The molecule has 2 aromatic heterocycles. The summed E-state index contributed by atoms with van der Waals surface area (Å²) in [5.74, 6) is 1.14. The molecule has 0 aliphatic carbocycles. The second-order valence-corrected chi connectivity index (χ2v) is 7.67. The molecule has 8 nitrogen and oxygen atoms in total. The third kappa shape index (κ3) is 5.86. The fourth-order valence-corrected chi connectivity index (χ4v) is 3.20. The van der Waals surface area contributed by atoms with Crippen LogP contribution in [0.5, 0.6) is 5.75 Å². The molecule has 0 saturated carbocycles. The van der Waals surface area contributed by atoms with Crippen LogP contribution in [0.2, 0.25) is 0 Å². The second-order valence-electron chi connectivity index (χ2n) is 7.67. The maximum atomic E-state index is 12.3. The average molecular weight is 457 g/mol. The third-order valence-corrected chi connectivity index (χ3v) is 5.04. The molecule has 0 bridgehead atoms. The largest absolute Gasteiger partial charge is 0.484 e. The van der Waals surface area contributed by atoms with E-state index in [4.69, 9.17) is 9.15 Å². The Balaban J connectivity index is 1.37. The fourth-order valence-electron chi connectivity index (χ4n) is 3.20. The quantitative estimate of drug-likeness (QED) is 0.409. The third-order valence-electron chi connectivity index (χ3n) is 5.04. The van der Waals surface area contributed by atoms with Crippen molar-refractivity contribution in [1.82, 2.24) is 15.3 Å². The molecule has 2 heterocycles. The van der Waals surface area contributed by atoms with Crippen LogP contribution in [0.1, 0.15) is 27.4 Å². The number of carbonyl (C=O) groups is 2. The normalized spacial score (nSPS) is 10.5. The lowest BCUT2D eigenvalue weighted by atomic mass is 10.2. The minimum absolute atomic E-state index is 0.104. The Kier molecular flexibility index (Phi) is 6.98. The fraction of sp³-hybridized carbons (Fsp3) is 0.154. The second kappa shape index (κ2) is 10.4. The van der Waals surface area contributed by atoms with Gasteiger partial charge in [0.15, 0.2) is 6.61 Å². The summed E-state index contributed by atoms with van der Waals surface area (Å²) in [4.78, 5) is 33.0. The standard InChI is InChI=1S/C26H24N4O4/c1-17-6-8-22(9-7-17)33-16-24(31)29-21-5-3-4-20(14-21)26-30-23(18(2)34-26)15-28-25(32)19-10-12-27-13-11-19/h3-14H,15-16H2,1-2H3,(H,28,32)(H,29,31). The van der Waals surface area contributed by atoms with E-state index in [2.05, 4.69) is 20.6 Å². The molecule has 0 fully saturated rings. The molecule has 2 aromatic carbocycles. The summed E-state index contributed by atoms with van der Waals surface area (Å²) in [6.07, 6.45) is 3.13. The number of ether oxygens (including phenoxy) is 1. The summed E-state index contributed by atoms with van der Waals surface area (Å²) in [5.41, 5.74) is 3.56. The molecule has 0 spiro atoms. The van der Waals surface area contributed by atoms with Gasteiger partial charge in [0.2, 0.25) is 5.89 Å². The maximum absolute atomic E-state index is 12.3. The molecule has 4 aromatic rings. The molecular formula is C26H24N4O4.